The first-order valence-corrected chi connectivity index (χ1v) is 14.1. The van der Waals surface area contributed by atoms with Crippen molar-refractivity contribution in [2.75, 3.05) is 37.6 Å². The molecular weight excluding hydrogens is 520 g/mol. The van der Waals surface area contributed by atoms with Crippen molar-refractivity contribution in [3.63, 3.8) is 0 Å². The fraction of sp³-hybridized carbons (Fsp3) is 0.688. The zero-order valence-corrected chi connectivity index (χ0v) is 20.1. The third kappa shape index (κ3) is 5.94. The minimum absolute atomic E-state index is 0.0917. The summed E-state index contributed by atoms with van der Waals surface area (Å²) in [7, 11) is -9.50. The summed E-state index contributed by atoms with van der Waals surface area (Å²) >= 11 is 6.08. The highest BCUT2D eigenvalue weighted by Gasteiger charge is 2.46. The fourth-order valence-electron chi connectivity index (χ4n) is 3.74. The summed E-state index contributed by atoms with van der Waals surface area (Å²) in [6.07, 6.45) is -3.30. The quantitative estimate of drug-likeness (QED) is 0.179. The van der Waals surface area contributed by atoms with E-state index in [1.54, 1.807) is 0 Å². The largest absolute Gasteiger partial charge is 0.387 e. The van der Waals surface area contributed by atoms with Gasteiger partial charge in [-0.3, -0.25) is 9.13 Å². The van der Waals surface area contributed by atoms with E-state index in [1.165, 1.54) is 10.9 Å². The van der Waals surface area contributed by atoms with Crippen molar-refractivity contribution in [3.8, 4) is 0 Å². The Balaban J connectivity index is 1.50. The van der Waals surface area contributed by atoms with Gasteiger partial charge >= 0.3 is 15.2 Å². The summed E-state index contributed by atoms with van der Waals surface area (Å²) in [6.45, 7) is 1.20. The van der Waals surface area contributed by atoms with E-state index in [0.717, 1.165) is 6.42 Å². The van der Waals surface area contributed by atoms with Gasteiger partial charge < -0.3 is 44.2 Å². The average molecular weight is 544 g/mol. The Morgan fingerprint density at radius 1 is 1.24 bits per heavy atom. The number of rotatable bonds is 9. The molecule has 0 amide bonds. The molecule has 4 heterocycles. The zero-order valence-electron chi connectivity index (χ0n) is 17.5. The van der Waals surface area contributed by atoms with Crippen LogP contribution >= 0.6 is 26.8 Å². The SMILES string of the molecule is O=P(O)(O)CP(=O)(O)OC[C@H]1O[C@@H](n2ncc3c(NC[C@H]4CCOC4)nc(Cl)nc32)[C@H](O)[C@@H]1O. The molecule has 0 spiro atoms. The predicted molar refractivity (Wildman–Crippen MR) is 116 cm³/mol. The maximum atomic E-state index is 11.9. The number of aliphatic hydroxyl groups is 2. The smallest absolute Gasteiger partial charge is 0.340 e. The van der Waals surface area contributed by atoms with Crippen molar-refractivity contribution >= 4 is 43.6 Å². The van der Waals surface area contributed by atoms with Gasteiger partial charge in [-0.25, -0.2) is 4.68 Å². The Hall–Kier alpha value is -1.22. The Bertz CT molecular complexity index is 1130. The van der Waals surface area contributed by atoms with Gasteiger partial charge in [-0.15, -0.1) is 0 Å². The molecular formula is C16H24ClN5O10P2. The minimum atomic E-state index is -4.82. The third-order valence-electron chi connectivity index (χ3n) is 5.39. The van der Waals surface area contributed by atoms with Gasteiger partial charge in [0.2, 0.25) is 5.28 Å². The third-order valence-corrected chi connectivity index (χ3v) is 9.02. The van der Waals surface area contributed by atoms with Crippen molar-refractivity contribution in [2.45, 2.75) is 31.0 Å². The number of aliphatic hydroxyl groups excluding tert-OH is 2. The lowest BCUT2D eigenvalue weighted by molar-refractivity contribution is -0.0541. The van der Waals surface area contributed by atoms with Crippen LogP contribution in [0.25, 0.3) is 11.0 Å². The molecule has 2 aromatic heterocycles. The van der Waals surface area contributed by atoms with E-state index in [2.05, 4.69) is 20.4 Å². The zero-order chi connectivity index (χ0) is 24.7. The maximum absolute atomic E-state index is 11.9. The maximum Gasteiger partial charge on any atom is 0.340 e. The average Bonchev–Trinajstić information content (AvgIpc) is 3.44. The first-order chi connectivity index (χ1) is 15.9. The lowest BCUT2D eigenvalue weighted by Gasteiger charge is -2.18. The van der Waals surface area contributed by atoms with E-state index < -0.39 is 52.2 Å². The van der Waals surface area contributed by atoms with Crippen LogP contribution in [-0.4, -0.2) is 95.2 Å². The number of nitrogens with one attached hydrogen (secondary N) is 1. The topological polar surface area (TPSA) is 219 Å². The summed E-state index contributed by atoms with van der Waals surface area (Å²) in [4.78, 5) is 35.7. The summed E-state index contributed by atoms with van der Waals surface area (Å²) in [5.74, 6) is -0.668. The first kappa shape index (κ1) is 25.9. The molecule has 4 rings (SSSR count). The predicted octanol–water partition coefficient (Wildman–Crippen LogP) is -0.116. The summed E-state index contributed by atoms with van der Waals surface area (Å²) in [5, 5.41) is 28.6. The molecule has 2 saturated heterocycles. The van der Waals surface area contributed by atoms with E-state index in [4.69, 9.17) is 35.4 Å². The molecule has 0 saturated carbocycles. The van der Waals surface area contributed by atoms with Gasteiger partial charge in [-0.2, -0.15) is 15.1 Å². The molecule has 0 bridgehead atoms. The van der Waals surface area contributed by atoms with Crippen LogP contribution in [0.2, 0.25) is 5.28 Å². The number of hydrogen-bond donors (Lipinski definition) is 6. The van der Waals surface area contributed by atoms with E-state index in [9.17, 15) is 24.2 Å². The van der Waals surface area contributed by atoms with Crippen molar-refractivity contribution in [2.24, 2.45) is 5.92 Å². The Kier molecular flexibility index (Phi) is 7.63. The molecule has 0 aliphatic carbocycles. The van der Waals surface area contributed by atoms with Crippen molar-refractivity contribution < 1.29 is 48.0 Å². The minimum Gasteiger partial charge on any atom is -0.387 e. The molecule has 2 aromatic rings. The molecule has 2 aliphatic heterocycles. The van der Waals surface area contributed by atoms with Gasteiger partial charge in [0.25, 0.3) is 0 Å². The number of hydrogen-bond acceptors (Lipinski definition) is 11. The fourth-order valence-corrected chi connectivity index (χ4v) is 6.47. The standard InChI is InChI=1S/C16H24ClN5O10P2/c17-16-20-13(18-3-8-1-2-30-5-8)9-4-19-22(14(9)21-16)15-12(24)11(23)10(32-15)6-31-34(28,29)7-33(25,26)27/h4,8,10-12,15,23-24H,1-3,5-7H2,(H,28,29)(H,18,20,21)(H2,25,26,27)/t8-,10-,11-,12-,15-/m1/s1. The molecule has 6 N–H and O–H groups in total. The molecule has 2 fully saturated rings. The van der Waals surface area contributed by atoms with Gasteiger partial charge in [-0.1, -0.05) is 0 Å². The summed E-state index contributed by atoms with van der Waals surface area (Å²) in [5.41, 5.74) is 0.206. The van der Waals surface area contributed by atoms with Crippen LogP contribution < -0.4 is 5.32 Å². The lowest BCUT2D eigenvalue weighted by atomic mass is 10.1. The molecule has 0 aromatic carbocycles. The second kappa shape index (κ2) is 10.0. The Labute approximate surface area is 197 Å². The van der Waals surface area contributed by atoms with Crippen LogP contribution in [0.5, 0.6) is 0 Å². The van der Waals surface area contributed by atoms with Crippen molar-refractivity contribution in [1.29, 1.82) is 0 Å². The van der Waals surface area contributed by atoms with E-state index in [0.29, 0.717) is 36.9 Å². The molecule has 18 heteroatoms. The molecule has 1 unspecified atom stereocenters. The number of aromatic nitrogens is 4. The highest BCUT2D eigenvalue weighted by molar-refractivity contribution is 7.70. The summed E-state index contributed by atoms with van der Waals surface area (Å²) in [6, 6.07) is 0. The highest BCUT2D eigenvalue weighted by atomic mass is 35.5. The Morgan fingerprint density at radius 2 is 2.00 bits per heavy atom. The van der Waals surface area contributed by atoms with E-state index >= 15 is 0 Å². The number of anilines is 1. The number of fused-ring (bicyclic) bond motifs is 1. The molecule has 15 nitrogen and oxygen atoms in total. The Morgan fingerprint density at radius 3 is 2.68 bits per heavy atom. The second-order valence-electron chi connectivity index (χ2n) is 8.06. The van der Waals surface area contributed by atoms with Gasteiger partial charge in [0.05, 0.1) is 24.8 Å². The van der Waals surface area contributed by atoms with E-state index in [1.807, 2.05) is 0 Å². The normalized spacial score (nSPS) is 29.5. The van der Waals surface area contributed by atoms with Gasteiger partial charge in [0, 0.05) is 19.1 Å². The van der Waals surface area contributed by atoms with Gasteiger partial charge in [0.1, 0.15) is 24.1 Å². The molecule has 2 aliphatic rings. The monoisotopic (exact) mass is 543 g/mol. The first-order valence-electron chi connectivity index (χ1n) is 10.2. The van der Waals surface area contributed by atoms with Gasteiger partial charge in [0.15, 0.2) is 17.8 Å². The summed E-state index contributed by atoms with van der Waals surface area (Å²) < 4.78 is 39.7. The highest BCUT2D eigenvalue weighted by Crippen LogP contribution is 2.55. The van der Waals surface area contributed by atoms with E-state index in [-0.39, 0.29) is 10.9 Å². The lowest BCUT2D eigenvalue weighted by Crippen LogP contribution is -2.33. The van der Waals surface area contributed by atoms with Crippen LogP contribution in [0.15, 0.2) is 6.20 Å². The van der Waals surface area contributed by atoms with Crippen LogP contribution in [-0.2, 0) is 23.1 Å². The molecule has 0 radical (unpaired) electrons. The van der Waals surface area contributed by atoms with Crippen LogP contribution in [0.4, 0.5) is 5.82 Å². The van der Waals surface area contributed by atoms with Crippen LogP contribution in [0, 0.1) is 5.92 Å². The number of ether oxygens (including phenoxy) is 2. The van der Waals surface area contributed by atoms with Crippen LogP contribution in [0.1, 0.15) is 12.6 Å². The number of nitrogens with zero attached hydrogens (tertiary/aromatic N) is 4. The molecule has 34 heavy (non-hydrogen) atoms. The second-order valence-corrected chi connectivity index (χ2v) is 12.4. The number of halogens is 1. The van der Waals surface area contributed by atoms with Crippen LogP contribution in [0.3, 0.4) is 0 Å². The molecule has 6 atom stereocenters. The van der Waals surface area contributed by atoms with Gasteiger partial charge in [-0.05, 0) is 18.0 Å². The molecule has 190 valence electrons. The van der Waals surface area contributed by atoms with Crippen molar-refractivity contribution in [1.82, 2.24) is 19.7 Å². The van der Waals surface area contributed by atoms with Crippen molar-refractivity contribution in [3.05, 3.63) is 11.5 Å².